The minimum atomic E-state index is -0.456. The molecule has 1 aromatic heterocycles. The normalized spacial score (nSPS) is 9.64. The number of nitro groups is 1. The van der Waals surface area contributed by atoms with Gasteiger partial charge < -0.3 is 14.9 Å². The van der Waals surface area contributed by atoms with Gasteiger partial charge in [0.05, 0.1) is 14.2 Å². The van der Waals surface area contributed by atoms with Gasteiger partial charge in [0.2, 0.25) is 0 Å². The largest absolute Gasteiger partial charge is 0.466 e. The molecule has 1 aromatic rings. The van der Waals surface area contributed by atoms with Crippen molar-refractivity contribution >= 4 is 5.82 Å². The van der Waals surface area contributed by atoms with Crippen LogP contribution in [-0.4, -0.2) is 16.6 Å². The van der Waals surface area contributed by atoms with Crippen LogP contribution in [0.3, 0.4) is 0 Å². The Morgan fingerprint density at radius 3 is 2.55 bits per heavy atom. The number of aromatic nitrogens is 1. The average molecular weight is 156 g/mol. The van der Waals surface area contributed by atoms with E-state index in [1.807, 2.05) is 0 Å². The number of nitrogens with zero attached hydrogens (tertiary/aromatic N) is 2. The van der Waals surface area contributed by atoms with Crippen LogP contribution in [0.25, 0.3) is 0 Å². The van der Waals surface area contributed by atoms with E-state index >= 15 is 0 Å². The Bertz CT molecular complexity index is 279. The van der Waals surface area contributed by atoms with Crippen LogP contribution in [0, 0.1) is 10.1 Å². The first kappa shape index (κ1) is 7.59. The molecule has 5 heteroatoms. The Labute approximate surface area is 63.3 Å². The smallest absolute Gasteiger partial charge is 0.325 e. The minimum Gasteiger partial charge on any atom is -0.466 e. The molecule has 0 unspecified atom stereocenters. The second-order valence-electron chi connectivity index (χ2n) is 2.05. The van der Waals surface area contributed by atoms with Crippen LogP contribution in [0.15, 0.2) is 12.1 Å². The lowest BCUT2D eigenvalue weighted by Crippen LogP contribution is -1.98. The molecule has 0 aliphatic rings. The van der Waals surface area contributed by atoms with Crippen molar-refractivity contribution in [2.75, 3.05) is 7.11 Å². The highest BCUT2D eigenvalue weighted by molar-refractivity contribution is 5.30. The summed E-state index contributed by atoms with van der Waals surface area (Å²) < 4.78 is 6.21. The van der Waals surface area contributed by atoms with Crippen molar-refractivity contribution in [3.63, 3.8) is 0 Å². The molecular weight excluding hydrogens is 148 g/mol. The fourth-order valence-corrected chi connectivity index (χ4v) is 0.871. The van der Waals surface area contributed by atoms with Crippen molar-refractivity contribution in [1.82, 2.24) is 4.57 Å². The van der Waals surface area contributed by atoms with E-state index in [1.165, 1.54) is 17.7 Å². The van der Waals surface area contributed by atoms with Gasteiger partial charge in [-0.1, -0.05) is 0 Å². The lowest BCUT2D eigenvalue weighted by Gasteiger charge is -1.96. The molecule has 0 bridgehead atoms. The summed E-state index contributed by atoms with van der Waals surface area (Å²) in [5, 5.41) is 10.3. The van der Waals surface area contributed by atoms with Gasteiger partial charge in [-0.25, -0.2) is 0 Å². The fraction of sp³-hybridized carbons (Fsp3) is 0.333. The van der Waals surface area contributed by atoms with Gasteiger partial charge in [-0.3, -0.25) is 0 Å². The molecule has 0 saturated carbocycles. The van der Waals surface area contributed by atoms with Gasteiger partial charge in [-0.15, -0.1) is 0 Å². The summed E-state index contributed by atoms with van der Waals surface area (Å²) in [4.78, 5) is 9.82. The van der Waals surface area contributed by atoms with Crippen LogP contribution in [0.5, 0.6) is 5.88 Å². The second-order valence-corrected chi connectivity index (χ2v) is 2.05. The lowest BCUT2D eigenvalue weighted by atomic mass is 10.6. The van der Waals surface area contributed by atoms with E-state index < -0.39 is 4.92 Å². The maximum Gasteiger partial charge on any atom is 0.325 e. The Hall–Kier alpha value is -1.52. The molecule has 1 heterocycles. The second kappa shape index (κ2) is 2.61. The SMILES string of the molecule is COc1ccc([N+](=O)[O-])n1C. The van der Waals surface area contributed by atoms with Crippen LogP contribution < -0.4 is 4.74 Å². The maximum atomic E-state index is 10.3. The molecule has 0 aliphatic heterocycles. The van der Waals surface area contributed by atoms with Gasteiger partial charge in [0.15, 0.2) is 0 Å². The monoisotopic (exact) mass is 156 g/mol. The van der Waals surface area contributed by atoms with Gasteiger partial charge in [-0.2, -0.15) is 4.57 Å². The van der Waals surface area contributed by atoms with E-state index in [1.54, 1.807) is 13.1 Å². The summed E-state index contributed by atoms with van der Waals surface area (Å²) in [7, 11) is 3.05. The summed E-state index contributed by atoms with van der Waals surface area (Å²) in [5.74, 6) is 0.513. The Balaban J connectivity index is 3.10. The number of rotatable bonds is 2. The van der Waals surface area contributed by atoms with E-state index in [2.05, 4.69) is 0 Å². The number of methoxy groups -OCH3 is 1. The molecule has 60 valence electrons. The Kier molecular flexibility index (Phi) is 1.80. The third-order valence-electron chi connectivity index (χ3n) is 1.45. The maximum absolute atomic E-state index is 10.3. The average Bonchev–Trinajstić information content (AvgIpc) is 2.30. The van der Waals surface area contributed by atoms with Crippen LogP contribution >= 0.6 is 0 Å². The quantitative estimate of drug-likeness (QED) is 0.473. The molecule has 0 atom stereocenters. The molecule has 0 radical (unpaired) electrons. The van der Waals surface area contributed by atoms with Crippen LogP contribution in [0.1, 0.15) is 0 Å². The highest BCUT2D eigenvalue weighted by Gasteiger charge is 2.13. The summed E-state index contributed by atoms with van der Waals surface area (Å²) in [6.45, 7) is 0. The lowest BCUT2D eigenvalue weighted by molar-refractivity contribution is -0.391. The van der Waals surface area contributed by atoms with Crippen LogP contribution in [0.2, 0.25) is 0 Å². The predicted molar refractivity (Wildman–Crippen MR) is 38.6 cm³/mol. The molecule has 0 amide bonds. The number of hydrogen-bond donors (Lipinski definition) is 0. The summed E-state index contributed by atoms with van der Waals surface area (Å²) in [6, 6.07) is 2.96. The molecule has 1 rings (SSSR count). The molecule has 0 N–H and O–H groups in total. The van der Waals surface area contributed by atoms with Gasteiger partial charge in [-0.05, 0) is 4.92 Å². The molecule has 0 aromatic carbocycles. The molecule has 0 fully saturated rings. The van der Waals surface area contributed by atoms with Gasteiger partial charge in [0.1, 0.15) is 0 Å². The Morgan fingerprint density at radius 2 is 2.27 bits per heavy atom. The zero-order valence-corrected chi connectivity index (χ0v) is 6.27. The van der Waals surface area contributed by atoms with Gasteiger partial charge in [0, 0.05) is 12.1 Å². The predicted octanol–water partition coefficient (Wildman–Crippen LogP) is 0.942. The zero-order chi connectivity index (χ0) is 8.43. The van der Waals surface area contributed by atoms with E-state index in [0.717, 1.165) is 0 Å². The molecule has 0 spiro atoms. The van der Waals surface area contributed by atoms with Crippen LogP contribution in [-0.2, 0) is 7.05 Å². The van der Waals surface area contributed by atoms with Crippen molar-refractivity contribution in [2.24, 2.45) is 7.05 Å². The van der Waals surface area contributed by atoms with Crippen LogP contribution in [0.4, 0.5) is 5.82 Å². The fourth-order valence-electron chi connectivity index (χ4n) is 0.871. The van der Waals surface area contributed by atoms with Gasteiger partial charge in [0.25, 0.3) is 5.88 Å². The summed E-state index contributed by atoms with van der Waals surface area (Å²) >= 11 is 0. The van der Waals surface area contributed by atoms with E-state index in [9.17, 15) is 10.1 Å². The van der Waals surface area contributed by atoms with Crippen molar-refractivity contribution in [3.8, 4) is 5.88 Å². The van der Waals surface area contributed by atoms with Gasteiger partial charge >= 0.3 is 5.82 Å². The highest BCUT2D eigenvalue weighted by Crippen LogP contribution is 2.20. The standard InChI is InChI=1S/C6H8N2O3/c1-7-5(8(9)10)3-4-6(7)11-2/h3-4H,1-2H3. The third kappa shape index (κ3) is 1.17. The first-order valence-corrected chi connectivity index (χ1v) is 3.01. The van der Waals surface area contributed by atoms with E-state index in [-0.39, 0.29) is 5.82 Å². The molecule has 11 heavy (non-hydrogen) atoms. The van der Waals surface area contributed by atoms with Crippen molar-refractivity contribution in [2.45, 2.75) is 0 Å². The van der Waals surface area contributed by atoms with E-state index in [0.29, 0.717) is 5.88 Å². The zero-order valence-electron chi connectivity index (χ0n) is 6.27. The Morgan fingerprint density at radius 1 is 1.64 bits per heavy atom. The molecule has 0 saturated heterocycles. The first-order valence-electron chi connectivity index (χ1n) is 3.01. The minimum absolute atomic E-state index is 0.0295. The van der Waals surface area contributed by atoms with Crippen molar-refractivity contribution in [1.29, 1.82) is 0 Å². The molecule has 5 nitrogen and oxygen atoms in total. The van der Waals surface area contributed by atoms with Crippen molar-refractivity contribution in [3.05, 3.63) is 22.2 Å². The summed E-state index contributed by atoms with van der Waals surface area (Å²) in [5.41, 5.74) is 0. The van der Waals surface area contributed by atoms with Crippen molar-refractivity contribution < 1.29 is 9.66 Å². The number of hydrogen-bond acceptors (Lipinski definition) is 3. The third-order valence-corrected chi connectivity index (χ3v) is 1.45. The summed E-state index contributed by atoms with van der Waals surface area (Å²) in [6.07, 6.45) is 0. The first-order chi connectivity index (χ1) is 5.16. The van der Waals surface area contributed by atoms with E-state index in [4.69, 9.17) is 4.74 Å². The topological polar surface area (TPSA) is 57.3 Å². The highest BCUT2D eigenvalue weighted by atomic mass is 16.6. The molecule has 0 aliphatic carbocycles. The molecular formula is C6H8N2O3. The number of ether oxygens (including phenoxy) is 1.